The molecule has 0 saturated carbocycles. The van der Waals surface area contributed by atoms with Crippen LogP contribution in [0, 0.1) is 0 Å². The fourth-order valence-electron chi connectivity index (χ4n) is 2.70. The van der Waals surface area contributed by atoms with Gasteiger partial charge in [-0.3, -0.25) is 0 Å². The van der Waals surface area contributed by atoms with E-state index in [4.69, 9.17) is 9.47 Å². The van der Waals surface area contributed by atoms with Crippen LogP contribution in [0.3, 0.4) is 0 Å². The van der Waals surface area contributed by atoms with Crippen molar-refractivity contribution < 1.29 is 22.6 Å². The van der Waals surface area contributed by atoms with Crippen LogP contribution in [-0.4, -0.2) is 31.7 Å². The van der Waals surface area contributed by atoms with Crippen molar-refractivity contribution in [2.75, 3.05) is 20.8 Å². The Morgan fingerprint density at radius 1 is 1.27 bits per heavy atom. The Bertz CT molecular complexity index is 881. The van der Waals surface area contributed by atoms with Crippen molar-refractivity contribution in [1.82, 2.24) is 15.6 Å². The first-order valence-corrected chi connectivity index (χ1v) is 10.1. The molecule has 10 heteroatoms. The first-order valence-electron chi connectivity index (χ1n) is 9.20. The standard InChI is InChI=1S/C20H25F3N4O2S/c1-5-7-14-8-13(9-15(28-3)18(14)29-4)10-25-19(24-6-2)26-11-17-27-16(12-30-17)20(21,22)23/h5,8-9,12H,1,6-7,10-11H2,2-4H3,(H2,24,25,26). The average Bonchev–Trinajstić information content (AvgIpc) is 3.19. The number of hydrogen-bond donors (Lipinski definition) is 2. The third-order valence-corrected chi connectivity index (χ3v) is 4.84. The topological polar surface area (TPSA) is 67.8 Å². The molecule has 1 aromatic carbocycles. The highest BCUT2D eigenvalue weighted by Crippen LogP contribution is 2.33. The minimum Gasteiger partial charge on any atom is -0.493 e. The number of guanidine groups is 1. The van der Waals surface area contributed by atoms with E-state index in [-0.39, 0.29) is 6.54 Å². The highest BCUT2D eigenvalue weighted by molar-refractivity contribution is 7.09. The molecule has 0 radical (unpaired) electrons. The van der Waals surface area contributed by atoms with Gasteiger partial charge in [0.25, 0.3) is 0 Å². The maximum absolute atomic E-state index is 12.7. The van der Waals surface area contributed by atoms with Gasteiger partial charge in [-0.15, -0.1) is 17.9 Å². The molecule has 1 heterocycles. The lowest BCUT2D eigenvalue weighted by Crippen LogP contribution is -2.36. The third kappa shape index (κ3) is 6.38. The van der Waals surface area contributed by atoms with Crippen molar-refractivity contribution >= 4 is 17.3 Å². The van der Waals surface area contributed by atoms with Crippen molar-refractivity contribution in [3.05, 3.63) is 52.0 Å². The largest absolute Gasteiger partial charge is 0.493 e. The third-order valence-electron chi connectivity index (χ3n) is 3.99. The van der Waals surface area contributed by atoms with Gasteiger partial charge in [0, 0.05) is 17.5 Å². The second-order valence-electron chi connectivity index (χ2n) is 6.16. The lowest BCUT2D eigenvalue weighted by atomic mass is 10.1. The second kappa shape index (κ2) is 10.9. The first kappa shape index (κ1) is 23.5. The molecule has 0 spiro atoms. The number of methoxy groups -OCH3 is 2. The molecule has 6 nitrogen and oxygen atoms in total. The number of nitrogens with one attached hydrogen (secondary N) is 2. The van der Waals surface area contributed by atoms with Gasteiger partial charge in [-0.25, -0.2) is 9.98 Å². The number of alkyl halides is 3. The van der Waals surface area contributed by atoms with Crippen LogP contribution in [0.25, 0.3) is 0 Å². The minimum atomic E-state index is -4.44. The van der Waals surface area contributed by atoms with Crippen molar-refractivity contribution in [2.45, 2.75) is 32.6 Å². The van der Waals surface area contributed by atoms with Crippen molar-refractivity contribution in [1.29, 1.82) is 0 Å². The van der Waals surface area contributed by atoms with E-state index in [2.05, 4.69) is 27.2 Å². The molecule has 1 aromatic heterocycles. The van der Waals surface area contributed by atoms with E-state index < -0.39 is 11.9 Å². The highest BCUT2D eigenvalue weighted by Gasteiger charge is 2.33. The predicted octanol–water partition coefficient (Wildman–Crippen LogP) is 4.16. The minimum absolute atomic E-state index is 0.139. The van der Waals surface area contributed by atoms with Crippen LogP contribution in [-0.2, 0) is 25.7 Å². The number of thiazole rings is 1. The molecule has 0 aliphatic rings. The number of aromatic nitrogens is 1. The SMILES string of the molecule is C=CCc1cc(CN=C(NCC)NCc2nc(C(F)(F)F)cs2)cc(OC)c1OC. The monoisotopic (exact) mass is 442 g/mol. The van der Waals surface area contributed by atoms with Crippen LogP contribution >= 0.6 is 11.3 Å². The molecule has 0 saturated heterocycles. The lowest BCUT2D eigenvalue weighted by molar-refractivity contribution is -0.140. The summed E-state index contributed by atoms with van der Waals surface area (Å²) in [6.07, 6.45) is -2.05. The molecule has 164 valence electrons. The molecule has 0 fully saturated rings. The van der Waals surface area contributed by atoms with E-state index in [1.54, 1.807) is 20.3 Å². The number of aliphatic imine (C=N–C) groups is 1. The lowest BCUT2D eigenvalue weighted by Gasteiger charge is -2.14. The summed E-state index contributed by atoms with van der Waals surface area (Å²) in [6.45, 7) is 6.75. The number of rotatable bonds is 9. The van der Waals surface area contributed by atoms with E-state index in [0.717, 1.165) is 27.8 Å². The Labute approximate surface area is 177 Å². The van der Waals surface area contributed by atoms with Crippen LogP contribution in [0.15, 0.2) is 35.2 Å². The fourth-order valence-corrected chi connectivity index (χ4v) is 3.44. The van der Waals surface area contributed by atoms with Gasteiger partial charge in [-0.05, 0) is 31.0 Å². The summed E-state index contributed by atoms with van der Waals surface area (Å²) in [7, 11) is 3.15. The second-order valence-corrected chi connectivity index (χ2v) is 7.10. The molecule has 0 bridgehead atoms. The van der Waals surface area contributed by atoms with Crippen LogP contribution < -0.4 is 20.1 Å². The van der Waals surface area contributed by atoms with Gasteiger partial charge in [0.1, 0.15) is 5.01 Å². The first-order chi connectivity index (χ1) is 14.3. The molecule has 30 heavy (non-hydrogen) atoms. The zero-order valence-electron chi connectivity index (χ0n) is 17.1. The van der Waals surface area contributed by atoms with Crippen LogP contribution in [0.2, 0.25) is 0 Å². The summed E-state index contributed by atoms with van der Waals surface area (Å²) in [5.41, 5.74) is 0.944. The Balaban J connectivity index is 2.14. The zero-order valence-corrected chi connectivity index (χ0v) is 17.9. The van der Waals surface area contributed by atoms with E-state index >= 15 is 0 Å². The average molecular weight is 443 g/mol. The predicted molar refractivity (Wildman–Crippen MR) is 112 cm³/mol. The molecule has 2 rings (SSSR count). The Kier molecular flexibility index (Phi) is 8.52. The smallest absolute Gasteiger partial charge is 0.434 e. The summed E-state index contributed by atoms with van der Waals surface area (Å²) in [4.78, 5) is 8.13. The fraction of sp³-hybridized carbons (Fsp3) is 0.400. The molecular formula is C20H25F3N4O2S. The van der Waals surface area contributed by atoms with Gasteiger partial charge in [0.05, 0.1) is 27.3 Å². The van der Waals surface area contributed by atoms with Crippen molar-refractivity contribution in [3.8, 4) is 11.5 Å². The summed E-state index contributed by atoms with van der Waals surface area (Å²) in [5.74, 6) is 1.73. The maximum Gasteiger partial charge on any atom is 0.434 e. The van der Waals surface area contributed by atoms with Gasteiger partial charge in [-0.1, -0.05) is 6.08 Å². The number of halogens is 3. The molecule has 2 aromatic rings. The van der Waals surface area contributed by atoms with Crippen LogP contribution in [0.4, 0.5) is 13.2 Å². The molecule has 0 aliphatic carbocycles. The molecule has 0 aliphatic heterocycles. The number of hydrogen-bond acceptors (Lipinski definition) is 5. The van der Waals surface area contributed by atoms with E-state index in [1.807, 2.05) is 19.1 Å². The van der Waals surface area contributed by atoms with Gasteiger partial charge in [0.15, 0.2) is 23.2 Å². The van der Waals surface area contributed by atoms with Crippen LogP contribution in [0.5, 0.6) is 11.5 Å². The van der Waals surface area contributed by atoms with Gasteiger partial charge in [-0.2, -0.15) is 13.2 Å². The van der Waals surface area contributed by atoms with Gasteiger partial charge in [0.2, 0.25) is 0 Å². The number of benzene rings is 1. The quantitative estimate of drug-likeness (QED) is 0.347. The van der Waals surface area contributed by atoms with E-state index in [1.165, 1.54) is 0 Å². The molecule has 0 amide bonds. The summed E-state index contributed by atoms with van der Waals surface area (Å²) in [5, 5.41) is 7.41. The van der Waals surface area contributed by atoms with Crippen molar-refractivity contribution in [2.24, 2.45) is 4.99 Å². The normalized spacial score (nSPS) is 11.9. The van der Waals surface area contributed by atoms with E-state index in [9.17, 15) is 13.2 Å². The number of ether oxygens (including phenoxy) is 2. The Morgan fingerprint density at radius 3 is 2.60 bits per heavy atom. The van der Waals surface area contributed by atoms with Gasteiger partial charge >= 0.3 is 6.18 Å². The summed E-state index contributed by atoms with van der Waals surface area (Å²) in [6, 6.07) is 3.81. The molecule has 0 atom stereocenters. The number of nitrogens with zero attached hydrogens (tertiary/aromatic N) is 2. The van der Waals surface area contributed by atoms with Gasteiger partial charge < -0.3 is 20.1 Å². The molecule has 2 N–H and O–H groups in total. The summed E-state index contributed by atoms with van der Waals surface area (Å²) < 4.78 is 48.9. The maximum atomic E-state index is 12.7. The Morgan fingerprint density at radius 2 is 2.03 bits per heavy atom. The Hall–Kier alpha value is -2.75. The highest BCUT2D eigenvalue weighted by atomic mass is 32.1. The number of allylic oxidation sites excluding steroid dienone is 1. The van der Waals surface area contributed by atoms with Crippen LogP contribution in [0.1, 0.15) is 28.8 Å². The summed E-state index contributed by atoms with van der Waals surface area (Å²) >= 11 is 0.951. The van der Waals surface area contributed by atoms with Crippen molar-refractivity contribution in [3.63, 3.8) is 0 Å². The molecule has 0 unspecified atom stereocenters. The molecular weight excluding hydrogens is 417 g/mol. The zero-order chi connectivity index (χ0) is 22.1. The van der Waals surface area contributed by atoms with E-state index in [0.29, 0.717) is 42.0 Å².